The molecule has 0 saturated carbocycles. The zero-order valence-electron chi connectivity index (χ0n) is 11.6. The van der Waals surface area contributed by atoms with E-state index in [2.05, 4.69) is 10.6 Å². The fourth-order valence-corrected chi connectivity index (χ4v) is 2.00. The highest BCUT2D eigenvalue weighted by Crippen LogP contribution is 2.14. The maximum atomic E-state index is 12.0. The van der Waals surface area contributed by atoms with E-state index in [1.165, 1.54) is 0 Å². The molecule has 1 saturated heterocycles. The van der Waals surface area contributed by atoms with Gasteiger partial charge in [0.1, 0.15) is 11.7 Å². The topological polar surface area (TPSA) is 81.6 Å². The summed E-state index contributed by atoms with van der Waals surface area (Å²) in [5, 5.41) is 5.83. The molecule has 1 aliphatic heterocycles. The van der Waals surface area contributed by atoms with Crippen molar-refractivity contribution in [2.24, 2.45) is 7.05 Å². The number of carbonyl (C=O) groups excluding carboxylic acids is 2. The lowest BCUT2D eigenvalue weighted by atomic mass is 10.2. The number of hydrogen-bond acceptors (Lipinski definition) is 5. The molecule has 0 spiro atoms. The average Bonchev–Trinajstić information content (AvgIpc) is 2.81. The molecule has 110 valence electrons. The Labute approximate surface area is 117 Å². The Hall–Kier alpha value is -1.86. The molecule has 1 atom stereocenters. The Morgan fingerprint density at radius 1 is 1.60 bits per heavy atom. The van der Waals surface area contributed by atoms with E-state index < -0.39 is 5.97 Å². The van der Waals surface area contributed by atoms with E-state index in [0.29, 0.717) is 37.7 Å². The molecule has 2 N–H and O–H groups in total. The summed E-state index contributed by atoms with van der Waals surface area (Å²) in [5.41, 5.74) is 0.961. The van der Waals surface area contributed by atoms with Crippen LogP contribution < -0.4 is 10.6 Å². The minimum atomic E-state index is -0.408. The lowest BCUT2D eigenvalue weighted by molar-refractivity contribution is -0.120. The number of hydrogen-bond donors (Lipinski definition) is 2. The van der Waals surface area contributed by atoms with Crippen molar-refractivity contribution < 1.29 is 19.1 Å². The molecule has 2 rings (SSSR count). The summed E-state index contributed by atoms with van der Waals surface area (Å²) < 4.78 is 11.8. The molecule has 1 fully saturated rings. The van der Waals surface area contributed by atoms with Crippen LogP contribution in [0.2, 0.25) is 0 Å². The molecule has 7 heteroatoms. The van der Waals surface area contributed by atoms with Crippen molar-refractivity contribution in [3.63, 3.8) is 0 Å². The fourth-order valence-electron chi connectivity index (χ4n) is 2.00. The van der Waals surface area contributed by atoms with E-state index in [4.69, 9.17) is 9.47 Å². The molecular formula is C13H19N3O4. The summed E-state index contributed by atoms with van der Waals surface area (Å²) in [4.78, 5) is 23.7. The van der Waals surface area contributed by atoms with Gasteiger partial charge in [-0.15, -0.1) is 0 Å². The number of nitrogens with one attached hydrogen (secondary N) is 2. The number of esters is 1. The SMILES string of the molecule is CCOC(=O)c1cc(NC(=O)C2COCCN2)cn1C. The molecule has 20 heavy (non-hydrogen) atoms. The van der Waals surface area contributed by atoms with Gasteiger partial charge in [-0.2, -0.15) is 0 Å². The molecule has 1 aromatic heterocycles. The molecule has 0 aromatic carbocycles. The molecule has 1 aromatic rings. The molecule has 1 aliphatic rings. The molecule has 1 unspecified atom stereocenters. The minimum Gasteiger partial charge on any atom is -0.461 e. The second-order valence-corrected chi connectivity index (χ2v) is 4.52. The van der Waals surface area contributed by atoms with Gasteiger partial charge in [0.25, 0.3) is 0 Å². The average molecular weight is 281 g/mol. The number of aromatic nitrogens is 1. The van der Waals surface area contributed by atoms with E-state index in [1.54, 1.807) is 30.8 Å². The van der Waals surface area contributed by atoms with Gasteiger partial charge in [-0.1, -0.05) is 0 Å². The first-order chi connectivity index (χ1) is 9.61. The zero-order valence-corrected chi connectivity index (χ0v) is 11.6. The molecule has 0 aliphatic carbocycles. The van der Waals surface area contributed by atoms with Crippen molar-refractivity contribution in [1.82, 2.24) is 9.88 Å². The van der Waals surface area contributed by atoms with Gasteiger partial charge in [-0.05, 0) is 13.0 Å². The molecule has 0 radical (unpaired) electrons. The summed E-state index contributed by atoms with van der Waals surface area (Å²) in [6.07, 6.45) is 1.67. The van der Waals surface area contributed by atoms with Crippen LogP contribution in [0.5, 0.6) is 0 Å². The second-order valence-electron chi connectivity index (χ2n) is 4.52. The third kappa shape index (κ3) is 3.37. The van der Waals surface area contributed by atoms with Crippen LogP contribution >= 0.6 is 0 Å². The highest BCUT2D eigenvalue weighted by molar-refractivity contribution is 5.97. The number of rotatable bonds is 4. The van der Waals surface area contributed by atoms with Crippen molar-refractivity contribution in [3.05, 3.63) is 18.0 Å². The quantitative estimate of drug-likeness (QED) is 0.767. The molecule has 0 bridgehead atoms. The van der Waals surface area contributed by atoms with Gasteiger partial charge >= 0.3 is 5.97 Å². The number of ether oxygens (including phenoxy) is 2. The first-order valence-electron chi connectivity index (χ1n) is 6.57. The van der Waals surface area contributed by atoms with Crippen LogP contribution in [0.15, 0.2) is 12.3 Å². The smallest absolute Gasteiger partial charge is 0.355 e. The molecule has 2 heterocycles. The van der Waals surface area contributed by atoms with Crippen molar-refractivity contribution in [3.8, 4) is 0 Å². The van der Waals surface area contributed by atoms with Crippen molar-refractivity contribution >= 4 is 17.6 Å². The first-order valence-corrected chi connectivity index (χ1v) is 6.57. The van der Waals surface area contributed by atoms with Crippen LogP contribution in [0.25, 0.3) is 0 Å². The Morgan fingerprint density at radius 2 is 2.40 bits per heavy atom. The monoisotopic (exact) mass is 281 g/mol. The van der Waals surface area contributed by atoms with E-state index in [-0.39, 0.29) is 11.9 Å². The van der Waals surface area contributed by atoms with Gasteiger partial charge in [0.15, 0.2) is 0 Å². The van der Waals surface area contributed by atoms with Gasteiger partial charge in [0.05, 0.1) is 25.5 Å². The van der Waals surface area contributed by atoms with E-state index in [0.717, 1.165) is 0 Å². The lowest BCUT2D eigenvalue weighted by Crippen LogP contribution is -2.48. The summed E-state index contributed by atoms with van der Waals surface area (Å²) >= 11 is 0. The van der Waals surface area contributed by atoms with Crippen LogP contribution in [0.4, 0.5) is 5.69 Å². The highest BCUT2D eigenvalue weighted by Gasteiger charge is 2.22. The fraction of sp³-hybridized carbons (Fsp3) is 0.538. The van der Waals surface area contributed by atoms with Gasteiger partial charge in [-0.3, -0.25) is 4.79 Å². The largest absolute Gasteiger partial charge is 0.461 e. The van der Waals surface area contributed by atoms with Gasteiger partial charge in [-0.25, -0.2) is 4.79 Å². The third-order valence-electron chi connectivity index (χ3n) is 3.00. The third-order valence-corrected chi connectivity index (χ3v) is 3.00. The van der Waals surface area contributed by atoms with Gasteiger partial charge in [0, 0.05) is 19.8 Å². The lowest BCUT2D eigenvalue weighted by Gasteiger charge is -2.22. The van der Waals surface area contributed by atoms with Crippen LogP contribution in [-0.2, 0) is 21.3 Å². The number of anilines is 1. The van der Waals surface area contributed by atoms with Crippen LogP contribution in [0, 0.1) is 0 Å². The predicted molar refractivity (Wildman–Crippen MR) is 72.6 cm³/mol. The standard InChI is InChI=1S/C13H19N3O4/c1-3-20-13(18)11-6-9(7-16(11)2)15-12(17)10-8-19-5-4-14-10/h6-7,10,14H,3-5,8H2,1-2H3,(H,15,17). The molecule has 7 nitrogen and oxygen atoms in total. The Morgan fingerprint density at radius 3 is 3.05 bits per heavy atom. The number of nitrogens with zero attached hydrogens (tertiary/aromatic N) is 1. The zero-order chi connectivity index (χ0) is 14.5. The Kier molecular flexibility index (Phi) is 4.75. The summed E-state index contributed by atoms with van der Waals surface area (Å²) in [6.45, 7) is 3.68. The molecular weight excluding hydrogens is 262 g/mol. The van der Waals surface area contributed by atoms with E-state index in [9.17, 15) is 9.59 Å². The first kappa shape index (κ1) is 14.5. The summed E-state index contributed by atoms with van der Waals surface area (Å²) in [7, 11) is 1.73. The summed E-state index contributed by atoms with van der Waals surface area (Å²) in [6, 6.07) is 1.23. The maximum Gasteiger partial charge on any atom is 0.355 e. The van der Waals surface area contributed by atoms with Crippen LogP contribution in [0.3, 0.4) is 0 Å². The van der Waals surface area contributed by atoms with E-state index in [1.807, 2.05) is 0 Å². The number of aryl methyl sites for hydroxylation is 1. The molecule has 1 amide bonds. The Balaban J connectivity index is 2.01. The van der Waals surface area contributed by atoms with Crippen molar-refractivity contribution in [2.75, 3.05) is 31.7 Å². The highest BCUT2D eigenvalue weighted by atomic mass is 16.5. The van der Waals surface area contributed by atoms with Crippen molar-refractivity contribution in [2.45, 2.75) is 13.0 Å². The maximum absolute atomic E-state index is 12.0. The number of amides is 1. The van der Waals surface area contributed by atoms with Crippen molar-refractivity contribution in [1.29, 1.82) is 0 Å². The predicted octanol–water partition coefficient (Wildman–Crippen LogP) is 0.129. The van der Waals surface area contributed by atoms with E-state index >= 15 is 0 Å². The van der Waals surface area contributed by atoms with Crippen LogP contribution in [-0.4, -0.2) is 48.9 Å². The Bertz CT molecular complexity index is 492. The van der Waals surface area contributed by atoms with Gasteiger partial charge < -0.3 is 24.7 Å². The number of carbonyl (C=O) groups is 2. The van der Waals surface area contributed by atoms with Crippen LogP contribution in [0.1, 0.15) is 17.4 Å². The minimum absolute atomic E-state index is 0.175. The second kappa shape index (κ2) is 6.53. The normalized spacial score (nSPS) is 18.6. The van der Waals surface area contributed by atoms with Gasteiger partial charge in [0.2, 0.25) is 5.91 Å². The number of morpholine rings is 1. The summed E-state index contributed by atoms with van der Waals surface area (Å²) in [5.74, 6) is -0.583.